The first-order chi connectivity index (χ1) is 15.5. The summed E-state index contributed by atoms with van der Waals surface area (Å²) in [5, 5.41) is 5.74. The van der Waals surface area contributed by atoms with Crippen LogP contribution in [-0.2, 0) is 14.4 Å². The molecular formula is C23H33N3O6. The lowest BCUT2D eigenvalue weighted by Crippen LogP contribution is -2.40. The molecule has 1 aromatic rings. The molecule has 1 aliphatic heterocycles. The third kappa shape index (κ3) is 5.44. The summed E-state index contributed by atoms with van der Waals surface area (Å²) in [5.74, 6) is 0.686. The van der Waals surface area contributed by atoms with E-state index in [0.717, 1.165) is 25.7 Å². The Morgan fingerprint density at radius 2 is 1.47 bits per heavy atom. The smallest absolute Gasteiger partial charge is 0.227 e. The number of carbonyl (C=O) groups excluding carboxylic acids is 3. The lowest BCUT2D eigenvalue weighted by molar-refractivity contribution is -0.127. The number of nitrogens with one attached hydrogen (secondary N) is 2. The monoisotopic (exact) mass is 447 g/mol. The molecule has 2 fully saturated rings. The van der Waals surface area contributed by atoms with Crippen molar-refractivity contribution in [1.82, 2.24) is 10.6 Å². The number of rotatable bonds is 9. The molecule has 1 heterocycles. The summed E-state index contributed by atoms with van der Waals surface area (Å²) in [7, 11) is 4.53. The number of anilines is 1. The summed E-state index contributed by atoms with van der Waals surface area (Å²) < 4.78 is 16.0. The summed E-state index contributed by atoms with van der Waals surface area (Å²) in [6.45, 7) is 0.988. The Morgan fingerprint density at radius 3 is 2.00 bits per heavy atom. The quantitative estimate of drug-likeness (QED) is 0.560. The highest BCUT2D eigenvalue weighted by Gasteiger charge is 2.36. The van der Waals surface area contributed by atoms with Gasteiger partial charge in [0.2, 0.25) is 23.5 Å². The lowest BCUT2D eigenvalue weighted by Gasteiger charge is -2.21. The third-order valence-electron chi connectivity index (χ3n) is 6.16. The Balaban J connectivity index is 1.52. The third-order valence-corrected chi connectivity index (χ3v) is 6.16. The number of ether oxygens (including phenoxy) is 3. The molecule has 9 nitrogen and oxygen atoms in total. The van der Waals surface area contributed by atoms with Crippen molar-refractivity contribution in [1.29, 1.82) is 0 Å². The average molecular weight is 448 g/mol. The van der Waals surface area contributed by atoms with Crippen molar-refractivity contribution in [2.24, 2.45) is 11.8 Å². The van der Waals surface area contributed by atoms with Crippen LogP contribution < -0.4 is 29.7 Å². The minimum Gasteiger partial charge on any atom is -0.493 e. The molecule has 0 bridgehead atoms. The molecule has 32 heavy (non-hydrogen) atoms. The van der Waals surface area contributed by atoms with Crippen LogP contribution in [0.15, 0.2) is 12.1 Å². The molecule has 1 saturated heterocycles. The Bertz CT molecular complexity index is 812. The first-order valence-corrected chi connectivity index (χ1v) is 11.1. The van der Waals surface area contributed by atoms with Crippen molar-refractivity contribution >= 4 is 23.4 Å². The molecular weight excluding hydrogens is 414 g/mol. The number of amides is 3. The highest BCUT2D eigenvalue weighted by Crippen LogP contribution is 2.42. The van der Waals surface area contributed by atoms with Crippen LogP contribution in [0.1, 0.15) is 38.5 Å². The van der Waals surface area contributed by atoms with Crippen LogP contribution in [0.5, 0.6) is 17.2 Å². The van der Waals surface area contributed by atoms with Gasteiger partial charge in [-0.15, -0.1) is 0 Å². The van der Waals surface area contributed by atoms with Crippen LogP contribution in [0.3, 0.4) is 0 Å². The maximum atomic E-state index is 12.6. The van der Waals surface area contributed by atoms with Crippen molar-refractivity contribution in [3.63, 3.8) is 0 Å². The van der Waals surface area contributed by atoms with Crippen molar-refractivity contribution in [3.8, 4) is 17.2 Å². The van der Waals surface area contributed by atoms with Crippen molar-refractivity contribution in [2.75, 3.05) is 45.9 Å². The van der Waals surface area contributed by atoms with E-state index in [4.69, 9.17) is 14.2 Å². The summed E-state index contributed by atoms with van der Waals surface area (Å²) >= 11 is 0. The summed E-state index contributed by atoms with van der Waals surface area (Å²) in [6, 6.07) is 3.39. The average Bonchev–Trinajstić information content (AvgIpc) is 3.22. The molecule has 3 amide bonds. The Hall–Kier alpha value is -2.97. The predicted molar refractivity (Wildman–Crippen MR) is 119 cm³/mol. The van der Waals surface area contributed by atoms with E-state index in [-0.39, 0.29) is 36.6 Å². The topological polar surface area (TPSA) is 106 Å². The summed E-state index contributed by atoms with van der Waals surface area (Å²) in [5.41, 5.74) is 0.583. The zero-order valence-corrected chi connectivity index (χ0v) is 19.1. The second-order valence-electron chi connectivity index (χ2n) is 8.21. The largest absolute Gasteiger partial charge is 0.493 e. The molecule has 0 aromatic heterocycles. The highest BCUT2D eigenvalue weighted by atomic mass is 16.5. The van der Waals surface area contributed by atoms with Gasteiger partial charge in [0.05, 0.1) is 32.9 Å². The van der Waals surface area contributed by atoms with Gasteiger partial charge in [0, 0.05) is 44.1 Å². The van der Waals surface area contributed by atoms with Gasteiger partial charge in [-0.05, 0) is 12.8 Å². The molecule has 1 aromatic carbocycles. The van der Waals surface area contributed by atoms with Crippen LogP contribution in [0, 0.1) is 11.8 Å². The zero-order valence-electron chi connectivity index (χ0n) is 19.1. The molecule has 1 unspecified atom stereocenters. The maximum absolute atomic E-state index is 12.6. The van der Waals surface area contributed by atoms with Crippen molar-refractivity contribution < 1.29 is 28.6 Å². The van der Waals surface area contributed by atoms with Crippen LogP contribution in [0.2, 0.25) is 0 Å². The van der Waals surface area contributed by atoms with Gasteiger partial charge in [-0.2, -0.15) is 0 Å². The molecule has 1 saturated carbocycles. The molecule has 0 spiro atoms. The fourth-order valence-corrected chi connectivity index (χ4v) is 4.38. The van der Waals surface area contributed by atoms with Crippen molar-refractivity contribution in [3.05, 3.63) is 12.1 Å². The van der Waals surface area contributed by atoms with Gasteiger partial charge >= 0.3 is 0 Å². The fraction of sp³-hybridized carbons (Fsp3) is 0.609. The molecule has 1 aliphatic carbocycles. The second-order valence-corrected chi connectivity index (χ2v) is 8.21. The van der Waals surface area contributed by atoms with Gasteiger partial charge in [0.15, 0.2) is 11.5 Å². The minimum atomic E-state index is -0.462. The SMILES string of the molecule is COc1cc(N2CC(C(=O)NCCNC(=O)C3CCCCC3)CC2=O)cc(OC)c1OC. The Kier molecular flexibility index (Phi) is 8.19. The zero-order chi connectivity index (χ0) is 23.1. The summed E-state index contributed by atoms with van der Waals surface area (Å²) in [6.07, 6.45) is 5.42. The van der Waals surface area contributed by atoms with Gasteiger partial charge in [0.1, 0.15) is 0 Å². The van der Waals surface area contributed by atoms with E-state index in [1.165, 1.54) is 27.8 Å². The molecule has 176 valence electrons. The molecule has 2 N–H and O–H groups in total. The van der Waals surface area contributed by atoms with Crippen LogP contribution in [0.4, 0.5) is 5.69 Å². The molecule has 3 rings (SSSR count). The lowest BCUT2D eigenvalue weighted by atomic mass is 9.89. The molecule has 2 aliphatic rings. The summed E-state index contributed by atoms with van der Waals surface area (Å²) in [4.78, 5) is 38.9. The number of hydrogen-bond donors (Lipinski definition) is 2. The van der Waals surface area contributed by atoms with E-state index in [1.54, 1.807) is 17.0 Å². The normalized spacial score (nSPS) is 18.9. The first kappa shape index (κ1) is 23.7. The van der Waals surface area contributed by atoms with Crippen LogP contribution >= 0.6 is 0 Å². The van der Waals surface area contributed by atoms with E-state index < -0.39 is 5.92 Å². The number of benzene rings is 1. The highest BCUT2D eigenvalue weighted by molar-refractivity contribution is 6.00. The van der Waals surface area contributed by atoms with Gasteiger partial charge in [-0.3, -0.25) is 14.4 Å². The van der Waals surface area contributed by atoms with E-state index in [1.807, 2.05) is 0 Å². The van der Waals surface area contributed by atoms with E-state index in [0.29, 0.717) is 36.0 Å². The molecule has 1 atom stereocenters. The second kappa shape index (κ2) is 11.1. The van der Waals surface area contributed by atoms with E-state index in [9.17, 15) is 14.4 Å². The Morgan fingerprint density at radius 1 is 0.906 bits per heavy atom. The van der Waals surface area contributed by atoms with Gasteiger partial charge in [-0.1, -0.05) is 19.3 Å². The maximum Gasteiger partial charge on any atom is 0.227 e. The number of methoxy groups -OCH3 is 3. The van der Waals surface area contributed by atoms with Gasteiger partial charge < -0.3 is 29.7 Å². The number of hydrogen-bond acceptors (Lipinski definition) is 6. The van der Waals surface area contributed by atoms with Gasteiger partial charge in [-0.25, -0.2) is 0 Å². The number of carbonyl (C=O) groups is 3. The van der Waals surface area contributed by atoms with Crippen LogP contribution in [0.25, 0.3) is 0 Å². The predicted octanol–water partition coefficient (Wildman–Crippen LogP) is 1.88. The molecule has 0 radical (unpaired) electrons. The Labute approximate surface area is 188 Å². The standard InChI is InChI=1S/C23H33N3O6/c1-30-18-12-17(13-19(31-2)21(18)32-3)26-14-16(11-20(26)27)23(29)25-10-9-24-22(28)15-7-5-4-6-8-15/h12-13,15-16H,4-11,14H2,1-3H3,(H,24,28)(H,25,29). The van der Waals surface area contributed by atoms with Crippen molar-refractivity contribution in [2.45, 2.75) is 38.5 Å². The molecule has 9 heteroatoms. The van der Waals surface area contributed by atoms with E-state index in [2.05, 4.69) is 10.6 Å². The minimum absolute atomic E-state index is 0.0727. The fourth-order valence-electron chi connectivity index (χ4n) is 4.38. The first-order valence-electron chi connectivity index (χ1n) is 11.1. The number of nitrogens with zero attached hydrogens (tertiary/aromatic N) is 1. The van der Waals surface area contributed by atoms with Crippen LogP contribution in [-0.4, -0.2) is 58.7 Å². The van der Waals surface area contributed by atoms with E-state index >= 15 is 0 Å². The van der Waals surface area contributed by atoms with Gasteiger partial charge in [0.25, 0.3) is 0 Å².